The van der Waals surface area contributed by atoms with E-state index in [0.29, 0.717) is 17.3 Å². The summed E-state index contributed by atoms with van der Waals surface area (Å²) < 4.78 is 7.32. The zero-order chi connectivity index (χ0) is 25.1. The van der Waals surface area contributed by atoms with Crippen LogP contribution in [0.15, 0.2) is 48.8 Å². The predicted octanol–water partition coefficient (Wildman–Crippen LogP) is 4.67. The fourth-order valence-electron chi connectivity index (χ4n) is 5.41. The van der Waals surface area contributed by atoms with Crippen molar-refractivity contribution in [1.29, 1.82) is 5.26 Å². The Morgan fingerprint density at radius 3 is 2.51 bits per heavy atom. The first-order valence-corrected chi connectivity index (χ1v) is 12.6. The summed E-state index contributed by atoms with van der Waals surface area (Å²) in [5.74, 6) is 0.0385. The van der Waals surface area contributed by atoms with E-state index in [1.54, 1.807) is 17.1 Å². The quantitative estimate of drug-likeness (QED) is 0.525. The topological polar surface area (TPSA) is 96.1 Å². The highest BCUT2D eigenvalue weighted by Crippen LogP contribution is 2.38. The maximum absolute atomic E-state index is 13.0. The molecule has 2 aliphatic rings. The number of ether oxygens (including phenoxy) is 1. The molecular weight excluding hydrogens is 488 g/mol. The summed E-state index contributed by atoms with van der Waals surface area (Å²) in [6.07, 6.45) is 6.06. The van der Waals surface area contributed by atoms with E-state index in [1.807, 2.05) is 50.2 Å². The Kier molecular flexibility index (Phi) is 8.59. The van der Waals surface area contributed by atoms with Crippen molar-refractivity contribution in [2.45, 2.75) is 45.1 Å². The third-order valence-electron chi connectivity index (χ3n) is 7.47. The van der Waals surface area contributed by atoms with Crippen molar-refractivity contribution >= 4 is 24.0 Å². The Labute approximate surface area is 224 Å². The lowest BCUT2D eigenvalue weighted by Crippen LogP contribution is -2.48. The van der Waals surface area contributed by atoms with Crippen molar-refractivity contribution < 1.29 is 9.53 Å². The maximum atomic E-state index is 13.0. The van der Waals surface area contributed by atoms with E-state index in [-0.39, 0.29) is 30.2 Å². The Morgan fingerprint density at radius 1 is 1.08 bits per heavy atom. The van der Waals surface area contributed by atoms with Gasteiger partial charge in [-0.1, -0.05) is 17.7 Å². The number of anilines is 1. The van der Waals surface area contributed by atoms with Gasteiger partial charge in [0.25, 0.3) is 5.91 Å². The molecular formula is C28H33ClN6O2. The molecule has 9 heteroatoms. The van der Waals surface area contributed by atoms with Gasteiger partial charge in [-0.2, -0.15) is 10.4 Å². The molecule has 2 aromatic heterocycles. The van der Waals surface area contributed by atoms with Crippen LogP contribution in [-0.2, 0) is 4.74 Å². The van der Waals surface area contributed by atoms with Crippen molar-refractivity contribution in [2.75, 3.05) is 31.6 Å². The molecule has 1 saturated heterocycles. The van der Waals surface area contributed by atoms with Gasteiger partial charge in [0.05, 0.1) is 54.3 Å². The Balaban J connectivity index is 0.00000320. The molecule has 3 aromatic rings. The summed E-state index contributed by atoms with van der Waals surface area (Å²) in [4.78, 5) is 20.3. The van der Waals surface area contributed by atoms with Gasteiger partial charge in [0.1, 0.15) is 0 Å². The second-order valence-corrected chi connectivity index (χ2v) is 9.78. The van der Waals surface area contributed by atoms with E-state index in [2.05, 4.69) is 21.4 Å². The number of aryl methyl sites for hydroxylation is 1. The van der Waals surface area contributed by atoms with Gasteiger partial charge in [0, 0.05) is 36.7 Å². The monoisotopic (exact) mass is 520 g/mol. The summed E-state index contributed by atoms with van der Waals surface area (Å²) in [5, 5.41) is 16.9. The normalized spacial score (nSPS) is 22.0. The first-order valence-electron chi connectivity index (χ1n) is 12.6. The molecule has 0 radical (unpaired) electrons. The average Bonchev–Trinajstić information content (AvgIpc) is 3.31. The first-order chi connectivity index (χ1) is 17.5. The number of nitrogens with one attached hydrogen (secondary N) is 1. The number of pyridine rings is 1. The van der Waals surface area contributed by atoms with Crippen molar-refractivity contribution in [1.82, 2.24) is 19.7 Å². The SMILES string of the molecule is Cc1ccc(-n2ncc(C(=O)Nc3ccc(C4CC(C#N)CCC4N4CCOCC4)nc3)c2C)cc1.Cl. The number of hydrogen-bond donors (Lipinski definition) is 1. The standard InChI is InChI=1S/C28H32N6O2.ClH/c1-19-3-7-23(8-4-19)34-20(2)25(18-31-34)28(35)32-22-6-9-26(30-17-22)24-15-21(16-29)5-10-27(24)33-11-13-36-14-12-33;/h3-4,6-9,17-18,21,24,27H,5,10-15H2,1-2H3,(H,32,35);1H. The number of halogens is 1. The molecule has 1 aliphatic heterocycles. The average molecular weight is 521 g/mol. The summed E-state index contributed by atoms with van der Waals surface area (Å²) in [6, 6.07) is 14.8. The van der Waals surface area contributed by atoms with Crippen molar-refractivity contribution in [3.63, 3.8) is 0 Å². The van der Waals surface area contributed by atoms with E-state index < -0.39 is 0 Å². The van der Waals surface area contributed by atoms with Crippen LogP contribution in [0.1, 0.15) is 52.5 Å². The van der Waals surface area contributed by atoms with E-state index in [9.17, 15) is 10.1 Å². The van der Waals surface area contributed by atoms with Crippen molar-refractivity contribution in [2.24, 2.45) is 5.92 Å². The van der Waals surface area contributed by atoms with Crippen LogP contribution >= 0.6 is 12.4 Å². The zero-order valence-corrected chi connectivity index (χ0v) is 22.1. The predicted molar refractivity (Wildman–Crippen MR) is 144 cm³/mol. The van der Waals surface area contributed by atoms with Crippen LogP contribution in [0.4, 0.5) is 5.69 Å². The number of amides is 1. The number of rotatable bonds is 5. The summed E-state index contributed by atoms with van der Waals surface area (Å²) in [5.41, 5.74) is 5.01. The minimum Gasteiger partial charge on any atom is -0.379 e. The van der Waals surface area contributed by atoms with Crippen LogP contribution in [0.3, 0.4) is 0 Å². The molecule has 1 saturated carbocycles. The number of benzene rings is 1. The fourth-order valence-corrected chi connectivity index (χ4v) is 5.41. The number of aromatic nitrogens is 3. The number of morpholine rings is 1. The van der Waals surface area contributed by atoms with E-state index in [1.165, 1.54) is 5.56 Å². The number of nitriles is 1. The minimum atomic E-state index is -0.214. The zero-order valence-electron chi connectivity index (χ0n) is 21.3. The minimum absolute atomic E-state index is 0. The van der Waals surface area contributed by atoms with E-state index in [4.69, 9.17) is 9.72 Å². The first kappa shape index (κ1) is 26.8. The molecule has 3 unspecified atom stereocenters. The molecule has 2 fully saturated rings. The Hall–Kier alpha value is -3.25. The highest BCUT2D eigenvalue weighted by Gasteiger charge is 2.36. The van der Waals surface area contributed by atoms with E-state index >= 15 is 0 Å². The van der Waals surface area contributed by atoms with Crippen molar-refractivity contribution in [3.8, 4) is 11.8 Å². The second-order valence-electron chi connectivity index (χ2n) is 9.78. The molecule has 194 valence electrons. The lowest BCUT2D eigenvalue weighted by atomic mass is 9.76. The van der Waals surface area contributed by atoms with Gasteiger partial charge in [-0.05, 0) is 57.4 Å². The summed E-state index contributed by atoms with van der Waals surface area (Å²) in [7, 11) is 0. The maximum Gasteiger partial charge on any atom is 0.259 e. The number of carbonyl (C=O) groups is 1. The second kappa shape index (κ2) is 11.9. The van der Waals surface area contributed by atoms with Gasteiger partial charge in [-0.15, -0.1) is 12.4 Å². The number of nitrogens with zero attached hydrogens (tertiary/aromatic N) is 5. The number of hydrogen-bond acceptors (Lipinski definition) is 6. The lowest BCUT2D eigenvalue weighted by molar-refractivity contribution is 0.0000695. The van der Waals surface area contributed by atoms with Crippen molar-refractivity contribution in [3.05, 3.63) is 71.3 Å². The molecule has 37 heavy (non-hydrogen) atoms. The van der Waals surface area contributed by atoms with Gasteiger partial charge < -0.3 is 10.1 Å². The molecule has 0 bridgehead atoms. The highest BCUT2D eigenvalue weighted by atomic mass is 35.5. The van der Waals surface area contributed by atoms with Crippen LogP contribution in [0.25, 0.3) is 5.69 Å². The van der Waals surface area contributed by atoms with Gasteiger partial charge in [0.2, 0.25) is 0 Å². The van der Waals surface area contributed by atoms with Gasteiger partial charge in [0.15, 0.2) is 0 Å². The van der Waals surface area contributed by atoms with E-state index in [0.717, 1.165) is 62.6 Å². The van der Waals surface area contributed by atoms with Crippen LogP contribution in [0.2, 0.25) is 0 Å². The molecule has 3 heterocycles. The summed E-state index contributed by atoms with van der Waals surface area (Å²) >= 11 is 0. The van der Waals surface area contributed by atoms with Crippen LogP contribution in [0.5, 0.6) is 0 Å². The third kappa shape index (κ3) is 5.85. The van der Waals surface area contributed by atoms with Crippen LogP contribution in [0, 0.1) is 31.1 Å². The molecule has 1 aliphatic carbocycles. The summed E-state index contributed by atoms with van der Waals surface area (Å²) in [6.45, 7) is 7.27. The van der Waals surface area contributed by atoms with Gasteiger partial charge >= 0.3 is 0 Å². The van der Waals surface area contributed by atoms with Crippen LogP contribution < -0.4 is 5.32 Å². The number of carbonyl (C=O) groups excluding carboxylic acids is 1. The molecule has 5 rings (SSSR count). The highest BCUT2D eigenvalue weighted by molar-refractivity contribution is 6.04. The molecule has 1 aromatic carbocycles. The molecule has 1 amide bonds. The molecule has 1 N–H and O–H groups in total. The Bertz CT molecular complexity index is 1250. The largest absolute Gasteiger partial charge is 0.379 e. The molecule has 8 nitrogen and oxygen atoms in total. The Morgan fingerprint density at radius 2 is 1.84 bits per heavy atom. The van der Waals surface area contributed by atoms with Gasteiger partial charge in [-0.25, -0.2) is 4.68 Å². The molecule has 0 spiro atoms. The fraction of sp³-hybridized carbons (Fsp3) is 0.429. The van der Waals surface area contributed by atoms with Crippen LogP contribution in [-0.4, -0.2) is 57.9 Å². The lowest BCUT2D eigenvalue weighted by Gasteiger charge is -2.42. The van der Waals surface area contributed by atoms with Gasteiger partial charge in [-0.3, -0.25) is 14.7 Å². The smallest absolute Gasteiger partial charge is 0.259 e. The third-order valence-corrected chi connectivity index (χ3v) is 7.47. The molecule has 3 atom stereocenters.